The molecular weight excluding hydrogens is 274 g/mol. The minimum atomic E-state index is -0.514. The van der Waals surface area contributed by atoms with Gasteiger partial charge in [0.25, 0.3) is 5.91 Å². The summed E-state index contributed by atoms with van der Waals surface area (Å²) in [6, 6.07) is 5.90. The van der Waals surface area contributed by atoms with E-state index in [1.165, 1.54) is 0 Å². The molecule has 124 valence electrons. The van der Waals surface area contributed by atoms with Crippen LogP contribution in [-0.2, 0) is 4.79 Å². The first-order chi connectivity index (χ1) is 9.91. The predicted octanol–water partition coefficient (Wildman–Crippen LogP) is 4.40. The van der Waals surface area contributed by atoms with E-state index < -0.39 is 6.10 Å². The molecule has 22 heavy (non-hydrogen) atoms. The number of amides is 1. The van der Waals surface area contributed by atoms with Crippen LogP contribution in [-0.4, -0.2) is 17.6 Å². The fourth-order valence-corrected chi connectivity index (χ4v) is 2.90. The SMILES string of the molecule is Cc1cccc(O[C@@H](C)C(=O)NC(C)(C)CC(C)(C)C)c1C. The minimum absolute atomic E-state index is 0.0739. The zero-order valence-corrected chi connectivity index (χ0v) is 15.3. The normalized spacial score (nSPS) is 13.6. The summed E-state index contributed by atoms with van der Waals surface area (Å²) in [5, 5.41) is 3.10. The van der Waals surface area contributed by atoms with Gasteiger partial charge in [-0.25, -0.2) is 0 Å². The maximum absolute atomic E-state index is 12.4. The van der Waals surface area contributed by atoms with Crippen molar-refractivity contribution in [2.75, 3.05) is 0 Å². The first kappa shape index (κ1) is 18.5. The molecule has 3 nitrogen and oxygen atoms in total. The predicted molar refractivity (Wildman–Crippen MR) is 92.3 cm³/mol. The highest BCUT2D eigenvalue weighted by molar-refractivity contribution is 5.81. The summed E-state index contributed by atoms with van der Waals surface area (Å²) in [7, 11) is 0. The molecule has 1 amide bonds. The van der Waals surface area contributed by atoms with E-state index in [4.69, 9.17) is 4.74 Å². The quantitative estimate of drug-likeness (QED) is 0.875. The van der Waals surface area contributed by atoms with Gasteiger partial charge in [0.15, 0.2) is 6.10 Å². The number of aryl methyl sites for hydroxylation is 1. The molecule has 0 bridgehead atoms. The summed E-state index contributed by atoms with van der Waals surface area (Å²) in [5.41, 5.74) is 2.15. The fourth-order valence-electron chi connectivity index (χ4n) is 2.90. The van der Waals surface area contributed by atoms with Crippen molar-refractivity contribution in [1.29, 1.82) is 0 Å². The number of ether oxygens (including phenoxy) is 1. The van der Waals surface area contributed by atoms with Crippen LogP contribution in [0.5, 0.6) is 5.75 Å². The van der Waals surface area contributed by atoms with Crippen LogP contribution in [0.2, 0.25) is 0 Å². The van der Waals surface area contributed by atoms with Crippen LogP contribution in [0.1, 0.15) is 59.1 Å². The molecule has 0 unspecified atom stereocenters. The Bertz CT molecular complexity index is 527. The van der Waals surface area contributed by atoms with Crippen molar-refractivity contribution < 1.29 is 9.53 Å². The molecule has 0 radical (unpaired) electrons. The largest absolute Gasteiger partial charge is 0.481 e. The molecule has 3 heteroatoms. The Balaban J connectivity index is 2.71. The molecule has 1 aromatic carbocycles. The first-order valence-corrected chi connectivity index (χ1v) is 7.96. The Kier molecular flexibility index (Phi) is 5.66. The van der Waals surface area contributed by atoms with Crippen molar-refractivity contribution in [3.63, 3.8) is 0 Å². The minimum Gasteiger partial charge on any atom is -0.481 e. The average molecular weight is 305 g/mol. The summed E-state index contributed by atoms with van der Waals surface area (Å²) in [6.07, 6.45) is 0.391. The summed E-state index contributed by atoms with van der Waals surface area (Å²) < 4.78 is 5.85. The van der Waals surface area contributed by atoms with Gasteiger partial charge in [0.2, 0.25) is 0 Å². The molecule has 0 aromatic heterocycles. The van der Waals surface area contributed by atoms with Gasteiger partial charge < -0.3 is 10.1 Å². The van der Waals surface area contributed by atoms with Crippen LogP contribution in [0, 0.1) is 19.3 Å². The van der Waals surface area contributed by atoms with Gasteiger partial charge in [0.1, 0.15) is 5.75 Å². The molecule has 1 aromatic rings. The second-order valence-corrected chi connectivity index (χ2v) is 8.07. The highest BCUT2D eigenvalue weighted by Crippen LogP contribution is 2.27. The number of hydrogen-bond acceptors (Lipinski definition) is 2. The lowest BCUT2D eigenvalue weighted by Gasteiger charge is -2.34. The topological polar surface area (TPSA) is 38.3 Å². The Hall–Kier alpha value is -1.51. The van der Waals surface area contributed by atoms with E-state index in [1.807, 2.05) is 32.0 Å². The Morgan fingerprint density at radius 2 is 1.77 bits per heavy atom. The van der Waals surface area contributed by atoms with Crippen molar-refractivity contribution in [2.45, 2.75) is 73.5 Å². The van der Waals surface area contributed by atoms with Crippen molar-refractivity contribution >= 4 is 5.91 Å². The first-order valence-electron chi connectivity index (χ1n) is 7.96. The number of benzene rings is 1. The van der Waals surface area contributed by atoms with E-state index in [0.717, 1.165) is 23.3 Å². The monoisotopic (exact) mass is 305 g/mol. The van der Waals surface area contributed by atoms with Gasteiger partial charge in [-0.15, -0.1) is 0 Å². The van der Waals surface area contributed by atoms with Gasteiger partial charge in [0, 0.05) is 5.54 Å². The van der Waals surface area contributed by atoms with E-state index in [9.17, 15) is 4.79 Å². The summed E-state index contributed by atoms with van der Waals surface area (Å²) in [6.45, 7) is 16.5. The van der Waals surface area contributed by atoms with Crippen LogP contribution < -0.4 is 10.1 Å². The molecule has 0 heterocycles. The van der Waals surface area contributed by atoms with Crippen molar-refractivity contribution in [1.82, 2.24) is 5.32 Å². The molecule has 0 spiro atoms. The molecule has 0 aliphatic heterocycles. The van der Waals surface area contributed by atoms with Gasteiger partial charge in [-0.1, -0.05) is 32.9 Å². The molecule has 0 saturated carbocycles. The third kappa shape index (κ3) is 5.70. The summed E-state index contributed by atoms with van der Waals surface area (Å²) in [5.74, 6) is 0.700. The maximum atomic E-state index is 12.4. The van der Waals surface area contributed by atoms with E-state index in [0.29, 0.717) is 0 Å². The Labute approximate surface area is 135 Å². The van der Waals surface area contributed by atoms with Crippen LogP contribution in [0.15, 0.2) is 18.2 Å². The second kappa shape index (κ2) is 6.72. The van der Waals surface area contributed by atoms with E-state index in [1.54, 1.807) is 6.92 Å². The van der Waals surface area contributed by atoms with Gasteiger partial charge in [-0.05, 0) is 63.6 Å². The third-order valence-corrected chi connectivity index (χ3v) is 3.66. The van der Waals surface area contributed by atoms with E-state index >= 15 is 0 Å². The number of nitrogens with one attached hydrogen (secondary N) is 1. The summed E-state index contributed by atoms with van der Waals surface area (Å²) >= 11 is 0. The zero-order chi connectivity index (χ0) is 17.1. The third-order valence-electron chi connectivity index (χ3n) is 3.66. The highest BCUT2D eigenvalue weighted by atomic mass is 16.5. The standard InChI is InChI=1S/C19H31NO2/c1-13-10-9-11-16(14(13)2)22-15(3)17(21)20-19(7,8)12-18(4,5)6/h9-11,15H,12H2,1-8H3,(H,20,21)/t15-/m0/s1. The van der Waals surface area contributed by atoms with Crippen LogP contribution in [0.25, 0.3) is 0 Å². The number of hydrogen-bond donors (Lipinski definition) is 1. The highest BCUT2D eigenvalue weighted by Gasteiger charge is 2.29. The average Bonchev–Trinajstić information content (AvgIpc) is 2.31. The smallest absolute Gasteiger partial charge is 0.261 e. The van der Waals surface area contributed by atoms with E-state index in [2.05, 4.69) is 39.9 Å². The van der Waals surface area contributed by atoms with Crippen molar-refractivity contribution in [2.24, 2.45) is 5.41 Å². The summed E-state index contributed by atoms with van der Waals surface area (Å²) in [4.78, 5) is 12.4. The molecule has 1 rings (SSSR count). The lowest BCUT2D eigenvalue weighted by atomic mass is 9.81. The lowest BCUT2D eigenvalue weighted by Crippen LogP contribution is -2.50. The Morgan fingerprint density at radius 1 is 1.18 bits per heavy atom. The zero-order valence-electron chi connectivity index (χ0n) is 15.3. The molecule has 1 N–H and O–H groups in total. The number of carbonyl (C=O) groups excluding carboxylic acids is 1. The molecule has 1 atom stereocenters. The van der Waals surface area contributed by atoms with Gasteiger partial charge in [-0.3, -0.25) is 4.79 Å². The number of rotatable bonds is 5. The molecule has 0 saturated heterocycles. The molecule has 0 aliphatic carbocycles. The van der Waals surface area contributed by atoms with Crippen LogP contribution >= 0.6 is 0 Å². The number of carbonyl (C=O) groups is 1. The fraction of sp³-hybridized carbons (Fsp3) is 0.632. The molecule has 0 aliphatic rings. The van der Waals surface area contributed by atoms with E-state index in [-0.39, 0.29) is 16.9 Å². The maximum Gasteiger partial charge on any atom is 0.261 e. The molecular formula is C19H31NO2. The van der Waals surface area contributed by atoms with Gasteiger partial charge in [-0.2, -0.15) is 0 Å². The van der Waals surface area contributed by atoms with Gasteiger partial charge >= 0.3 is 0 Å². The van der Waals surface area contributed by atoms with Crippen LogP contribution in [0.4, 0.5) is 0 Å². The molecule has 0 fully saturated rings. The van der Waals surface area contributed by atoms with Crippen LogP contribution in [0.3, 0.4) is 0 Å². The van der Waals surface area contributed by atoms with Gasteiger partial charge in [0.05, 0.1) is 0 Å². The second-order valence-electron chi connectivity index (χ2n) is 8.07. The Morgan fingerprint density at radius 3 is 2.32 bits per heavy atom. The van der Waals surface area contributed by atoms with Crippen molar-refractivity contribution in [3.05, 3.63) is 29.3 Å². The lowest BCUT2D eigenvalue weighted by molar-refractivity contribution is -0.129. The van der Waals surface area contributed by atoms with Crippen molar-refractivity contribution in [3.8, 4) is 5.75 Å².